The first-order chi connectivity index (χ1) is 15.9. The Morgan fingerprint density at radius 2 is 1.38 bits per heavy atom. The van der Waals surface area contributed by atoms with Gasteiger partial charge in [0.1, 0.15) is 5.75 Å². The number of nitrogens with zero attached hydrogens (tertiary/aromatic N) is 1. The topological polar surface area (TPSA) is 14.2 Å². The summed E-state index contributed by atoms with van der Waals surface area (Å²) in [4.78, 5) is 0. The Labute approximate surface area is 194 Å². The van der Waals surface area contributed by atoms with Crippen molar-refractivity contribution in [2.24, 2.45) is 0 Å². The van der Waals surface area contributed by atoms with E-state index in [2.05, 4.69) is 71.4 Å². The fourth-order valence-corrected chi connectivity index (χ4v) is 9.81. The Kier molecular flexibility index (Phi) is 6.98. The summed E-state index contributed by atoms with van der Waals surface area (Å²) in [5.74, 6) is 0.964. The standard InChI is InChI=1S/C29H36NOP/c1-31-27-20-11-19-26(23-13-5-2-6-14-23)29(27)30-22-12-21-28(30)32(24-15-7-3-8-16-24)25-17-9-4-10-18-25/h2,5-6,11-14,19-22,24-25H,3-4,7-10,15-18H2,1H3. The predicted octanol–water partition coefficient (Wildman–Crippen LogP) is 7.93. The molecule has 0 aliphatic heterocycles. The highest BCUT2D eigenvalue weighted by atomic mass is 31.1. The predicted molar refractivity (Wildman–Crippen MR) is 138 cm³/mol. The summed E-state index contributed by atoms with van der Waals surface area (Å²) < 4.78 is 8.45. The third-order valence-electron chi connectivity index (χ3n) is 7.47. The van der Waals surface area contributed by atoms with E-state index in [1.807, 2.05) is 7.11 Å². The van der Waals surface area contributed by atoms with E-state index in [4.69, 9.17) is 4.74 Å². The van der Waals surface area contributed by atoms with E-state index >= 15 is 0 Å². The van der Waals surface area contributed by atoms with E-state index in [0.29, 0.717) is 0 Å². The molecule has 0 atom stereocenters. The lowest BCUT2D eigenvalue weighted by atomic mass is 9.99. The molecule has 0 saturated heterocycles. The molecule has 5 rings (SSSR count). The van der Waals surface area contributed by atoms with Gasteiger partial charge in [0.05, 0.1) is 12.8 Å². The average Bonchev–Trinajstić information content (AvgIpc) is 3.34. The number of aromatic nitrogens is 1. The molecule has 2 saturated carbocycles. The molecule has 2 fully saturated rings. The summed E-state index contributed by atoms with van der Waals surface area (Å²) in [5, 5.41) is 0. The summed E-state index contributed by atoms with van der Waals surface area (Å²) in [6.07, 6.45) is 16.5. The van der Waals surface area contributed by atoms with E-state index in [-0.39, 0.29) is 7.92 Å². The van der Waals surface area contributed by atoms with Crippen LogP contribution in [-0.2, 0) is 0 Å². The summed E-state index contributed by atoms with van der Waals surface area (Å²) in [7, 11) is 1.62. The molecule has 0 spiro atoms. The molecule has 2 aliphatic rings. The zero-order valence-electron chi connectivity index (χ0n) is 19.4. The van der Waals surface area contributed by atoms with Gasteiger partial charge in [-0.25, -0.2) is 0 Å². The first kappa shape index (κ1) is 21.8. The van der Waals surface area contributed by atoms with Crippen LogP contribution in [0.15, 0.2) is 66.9 Å². The minimum Gasteiger partial charge on any atom is -0.495 e. The van der Waals surface area contributed by atoms with Crippen LogP contribution in [0.4, 0.5) is 0 Å². The van der Waals surface area contributed by atoms with Gasteiger partial charge in [-0.3, -0.25) is 0 Å². The van der Waals surface area contributed by atoms with Crippen molar-refractivity contribution in [3.05, 3.63) is 66.9 Å². The van der Waals surface area contributed by atoms with Gasteiger partial charge in [0.25, 0.3) is 0 Å². The Balaban J connectivity index is 1.63. The van der Waals surface area contributed by atoms with Crippen LogP contribution in [0.25, 0.3) is 16.8 Å². The van der Waals surface area contributed by atoms with Crippen LogP contribution in [0.3, 0.4) is 0 Å². The molecule has 168 valence electrons. The van der Waals surface area contributed by atoms with Crippen LogP contribution in [-0.4, -0.2) is 23.0 Å². The molecule has 2 aromatic carbocycles. The average molecular weight is 446 g/mol. The van der Waals surface area contributed by atoms with Crippen LogP contribution in [0.5, 0.6) is 5.75 Å². The highest BCUT2D eigenvalue weighted by Crippen LogP contribution is 2.55. The number of hydrogen-bond acceptors (Lipinski definition) is 1. The van der Waals surface area contributed by atoms with E-state index in [1.165, 1.54) is 81.0 Å². The number of rotatable bonds is 6. The summed E-state index contributed by atoms with van der Waals surface area (Å²) in [6, 6.07) is 22.0. The molecular weight excluding hydrogens is 409 g/mol. The van der Waals surface area contributed by atoms with Gasteiger partial charge in [-0.1, -0.05) is 88.9 Å². The van der Waals surface area contributed by atoms with Gasteiger partial charge >= 0.3 is 0 Å². The quantitative estimate of drug-likeness (QED) is 0.351. The molecule has 0 unspecified atom stereocenters. The molecule has 0 amide bonds. The molecule has 3 heteroatoms. The largest absolute Gasteiger partial charge is 0.495 e. The van der Waals surface area contributed by atoms with Gasteiger partial charge < -0.3 is 9.30 Å². The van der Waals surface area contributed by atoms with Crippen molar-refractivity contribution in [2.75, 3.05) is 7.11 Å². The SMILES string of the molecule is COc1cccc(-c2ccccc2)c1-n1cccc1P(C1CCCCC1)C1CCCCC1. The number of para-hydroxylation sites is 1. The lowest BCUT2D eigenvalue weighted by molar-refractivity contribution is 0.413. The fourth-order valence-electron chi connectivity index (χ4n) is 5.95. The minimum atomic E-state index is -0.191. The molecule has 1 heterocycles. The number of hydrogen-bond donors (Lipinski definition) is 0. The maximum absolute atomic E-state index is 5.94. The van der Waals surface area contributed by atoms with Gasteiger partial charge in [0.2, 0.25) is 0 Å². The van der Waals surface area contributed by atoms with Crippen LogP contribution in [0, 0.1) is 0 Å². The Morgan fingerprint density at radius 1 is 0.719 bits per heavy atom. The lowest BCUT2D eigenvalue weighted by Crippen LogP contribution is -2.29. The molecule has 2 aliphatic carbocycles. The highest BCUT2D eigenvalue weighted by Gasteiger charge is 2.34. The molecule has 0 N–H and O–H groups in total. The van der Waals surface area contributed by atoms with Gasteiger partial charge in [-0.15, -0.1) is 0 Å². The van der Waals surface area contributed by atoms with E-state index in [1.54, 1.807) is 5.44 Å². The fraction of sp³-hybridized carbons (Fsp3) is 0.448. The van der Waals surface area contributed by atoms with Crippen molar-refractivity contribution >= 4 is 13.4 Å². The van der Waals surface area contributed by atoms with Crippen molar-refractivity contribution in [2.45, 2.75) is 75.5 Å². The normalized spacial score (nSPS) is 18.2. The van der Waals surface area contributed by atoms with Crippen LogP contribution in [0.1, 0.15) is 64.2 Å². The molecule has 1 aromatic heterocycles. The van der Waals surface area contributed by atoms with Gasteiger partial charge in [0, 0.05) is 17.2 Å². The zero-order chi connectivity index (χ0) is 21.8. The number of benzene rings is 2. The second kappa shape index (κ2) is 10.3. The first-order valence-corrected chi connectivity index (χ1v) is 14.0. The number of ether oxygens (including phenoxy) is 1. The lowest BCUT2D eigenvalue weighted by Gasteiger charge is -2.39. The van der Waals surface area contributed by atoms with Crippen LogP contribution >= 0.6 is 7.92 Å². The second-order valence-electron chi connectivity index (χ2n) is 9.45. The summed E-state index contributed by atoms with van der Waals surface area (Å²) in [6.45, 7) is 0. The van der Waals surface area contributed by atoms with Crippen molar-refractivity contribution in [3.63, 3.8) is 0 Å². The minimum absolute atomic E-state index is 0.191. The van der Waals surface area contributed by atoms with Crippen molar-refractivity contribution in [1.29, 1.82) is 0 Å². The molecular formula is C29H36NOP. The van der Waals surface area contributed by atoms with E-state index < -0.39 is 0 Å². The van der Waals surface area contributed by atoms with Gasteiger partial charge in [-0.05, 0) is 60.8 Å². The summed E-state index contributed by atoms with van der Waals surface area (Å²) >= 11 is 0. The molecule has 0 bridgehead atoms. The Hall–Kier alpha value is -2.05. The van der Waals surface area contributed by atoms with Crippen molar-refractivity contribution in [1.82, 2.24) is 4.57 Å². The maximum Gasteiger partial charge on any atom is 0.143 e. The van der Waals surface area contributed by atoms with Crippen molar-refractivity contribution < 1.29 is 4.74 Å². The summed E-state index contributed by atoms with van der Waals surface area (Å²) in [5.41, 5.74) is 7.04. The van der Waals surface area contributed by atoms with Gasteiger partial charge in [-0.2, -0.15) is 0 Å². The van der Waals surface area contributed by atoms with Crippen molar-refractivity contribution in [3.8, 4) is 22.6 Å². The molecule has 32 heavy (non-hydrogen) atoms. The second-order valence-corrected chi connectivity index (χ2v) is 12.2. The van der Waals surface area contributed by atoms with E-state index in [9.17, 15) is 0 Å². The van der Waals surface area contributed by atoms with Crippen LogP contribution < -0.4 is 10.2 Å². The smallest absolute Gasteiger partial charge is 0.143 e. The van der Waals surface area contributed by atoms with Gasteiger partial charge in [0.15, 0.2) is 0 Å². The monoisotopic (exact) mass is 445 g/mol. The zero-order valence-corrected chi connectivity index (χ0v) is 20.3. The molecule has 3 aromatic rings. The van der Waals surface area contributed by atoms with E-state index in [0.717, 1.165) is 17.1 Å². The Bertz CT molecular complexity index is 981. The van der Waals surface area contributed by atoms with Crippen LogP contribution in [0.2, 0.25) is 0 Å². The Morgan fingerprint density at radius 3 is 2.00 bits per heavy atom. The number of methoxy groups -OCH3 is 1. The molecule has 0 radical (unpaired) electrons. The third kappa shape index (κ3) is 4.40. The maximum atomic E-state index is 5.94. The third-order valence-corrected chi connectivity index (χ3v) is 11.0. The first-order valence-electron chi connectivity index (χ1n) is 12.6. The molecule has 2 nitrogen and oxygen atoms in total. The highest BCUT2D eigenvalue weighted by molar-refractivity contribution is 7.66.